The Morgan fingerprint density at radius 3 is 2.62 bits per heavy atom. The fraction of sp³-hybridized carbons (Fsp3) is 0.500. The fourth-order valence-electron chi connectivity index (χ4n) is 2.23. The Bertz CT molecular complexity index is 717. The Morgan fingerprint density at radius 2 is 2.00 bits per heavy atom. The quantitative estimate of drug-likeness (QED) is 0.537. The highest BCUT2D eigenvalue weighted by Crippen LogP contribution is 2.21. The van der Waals surface area contributed by atoms with Gasteiger partial charge in [0, 0.05) is 18.0 Å². The molecule has 2 rings (SSSR count). The van der Waals surface area contributed by atoms with E-state index in [0.29, 0.717) is 11.8 Å². The number of H-pyrrole nitrogens is 1. The number of hydrazone groups is 1. The topological polar surface area (TPSA) is 86.3 Å². The van der Waals surface area contributed by atoms with Crippen LogP contribution in [0.15, 0.2) is 22.0 Å². The molecule has 0 bridgehead atoms. The van der Waals surface area contributed by atoms with Gasteiger partial charge in [-0.15, -0.1) is 11.3 Å². The van der Waals surface area contributed by atoms with Gasteiger partial charge in [-0.3, -0.25) is 10.4 Å². The van der Waals surface area contributed by atoms with E-state index in [0.717, 1.165) is 37.4 Å². The van der Waals surface area contributed by atoms with Crippen molar-refractivity contribution in [2.75, 3.05) is 23.4 Å². The van der Waals surface area contributed by atoms with Gasteiger partial charge in [0.2, 0.25) is 5.95 Å². The minimum absolute atomic E-state index is 0.391. The lowest BCUT2D eigenvalue weighted by atomic mass is 10.4. The first kappa shape index (κ1) is 18.1. The molecule has 0 saturated carbocycles. The molecular weight excluding hydrogens is 324 g/mol. The summed E-state index contributed by atoms with van der Waals surface area (Å²) >= 11 is 1.65. The minimum Gasteiger partial charge on any atom is -0.341 e. The maximum absolute atomic E-state index is 11.8. The third-order valence-corrected chi connectivity index (χ3v) is 4.43. The van der Waals surface area contributed by atoms with Crippen molar-refractivity contribution in [1.82, 2.24) is 15.0 Å². The molecule has 8 heteroatoms. The van der Waals surface area contributed by atoms with E-state index >= 15 is 0 Å². The first-order valence-corrected chi connectivity index (χ1v) is 9.09. The second-order valence-electron chi connectivity index (χ2n) is 5.32. The lowest BCUT2D eigenvalue weighted by Gasteiger charge is -2.20. The van der Waals surface area contributed by atoms with Gasteiger partial charge in [0.1, 0.15) is 5.00 Å². The molecule has 0 aromatic carbocycles. The second-order valence-corrected chi connectivity index (χ2v) is 6.48. The number of anilines is 2. The Labute approximate surface area is 145 Å². The summed E-state index contributed by atoms with van der Waals surface area (Å²) in [5.74, 6) is 0.843. The van der Waals surface area contributed by atoms with Crippen LogP contribution in [-0.2, 0) is 6.42 Å². The number of aromatic amines is 1. The number of nitrogens with one attached hydrogen (secondary N) is 2. The summed E-state index contributed by atoms with van der Waals surface area (Å²) in [4.78, 5) is 26.1. The van der Waals surface area contributed by atoms with Gasteiger partial charge in [0.25, 0.3) is 0 Å². The maximum atomic E-state index is 11.8. The predicted octanol–water partition coefficient (Wildman–Crippen LogP) is 2.86. The summed E-state index contributed by atoms with van der Waals surface area (Å²) in [5, 5.41) is 5.11. The van der Waals surface area contributed by atoms with Crippen LogP contribution in [0.2, 0.25) is 0 Å². The molecule has 0 aliphatic carbocycles. The Kier molecular flexibility index (Phi) is 6.92. The van der Waals surface area contributed by atoms with Crippen LogP contribution in [0.4, 0.5) is 10.9 Å². The number of rotatable bonds is 9. The van der Waals surface area contributed by atoms with Crippen molar-refractivity contribution in [3.8, 4) is 0 Å². The minimum atomic E-state index is -0.414. The largest absolute Gasteiger partial charge is 0.349 e. The molecule has 0 atom stereocenters. The van der Waals surface area contributed by atoms with E-state index in [9.17, 15) is 4.79 Å². The zero-order valence-electron chi connectivity index (χ0n) is 14.4. The third-order valence-electron chi connectivity index (χ3n) is 3.30. The van der Waals surface area contributed by atoms with E-state index < -0.39 is 5.69 Å². The van der Waals surface area contributed by atoms with Crippen LogP contribution in [0.5, 0.6) is 0 Å². The molecule has 0 amide bonds. The Morgan fingerprint density at radius 1 is 1.25 bits per heavy atom. The number of nitrogens with zero attached hydrogens (tertiary/aromatic N) is 4. The van der Waals surface area contributed by atoms with Crippen molar-refractivity contribution < 1.29 is 0 Å². The van der Waals surface area contributed by atoms with Gasteiger partial charge in [-0.2, -0.15) is 15.1 Å². The zero-order chi connectivity index (χ0) is 17.4. The molecule has 2 N–H and O–H groups in total. The molecule has 2 aromatic rings. The molecule has 0 saturated heterocycles. The lowest BCUT2D eigenvalue weighted by Crippen LogP contribution is -2.30. The fourth-order valence-corrected chi connectivity index (χ4v) is 3.03. The van der Waals surface area contributed by atoms with E-state index in [1.165, 1.54) is 11.1 Å². The summed E-state index contributed by atoms with van der Waals surface area (Å²) in [7, 11) is 0. The van der Waals surface area contributed by atoms with Crippen LogP contribution < -0.4 is 16.0 Å². The van der Waals surface area contributed by atoms with Crippen LogP contribution >= 0.6 is 11.3 Å². The van der Waals surface area contributed by atoms with E-state index in [4.69, 9.17) is 0 Å². The molecular formula is C16H24N6OS. The van der Waals surface area contributed by atoms with Gasteiger partial charge in [-0.1, -0.05) is 20.8 Å². The molecule has 0 spiro atoms. The molecule has 2 heterocycles. The summed E-state index contributed by atoms with van der Waals surface area (Å²) in [5.41, 5.74) is 2.54. The molecule has 0 aliphatic heterocycles. The second kappa shape index (κ2) is 9.17. The lowest BCUT2D eigenvalue weighted by molar-refractivity contribution is 0.712. The van der Waals surface area contributed by atoms with Gasteiger partial charge in [-0.25, -0.2) is 4.79 Å². The van der Waals surface area contributed by atoms with Crippen LogP contribution in [-0.4, -0.2) is 34.3 Å². The van der Waals surface area contributed by atoms with Crippen molar-refractivity contribution in [3.63, 3.8) is 0 Å². The van der Waals surface area contributed by atoms with Crippen molar-refractivity contribution in [2.24, 2.45) is 5.10 Å². The van der Waals surface area contributed by atoms with Crippen LogP contribution in [0.25, 0.3) is 0 Å². The van der Waals surface area contributed by atoms with Gasteiger partial charge < -0.3 is 4.90 Å². The normalized spacial score (nSPS) is 11.1. The van der Waals surface area contributed by atoms with Crippen LogP contribution in [0.1, 0.15) is 44.3 Å². The zero-order valence-corrected chi connectivity index (χ0v) is 15.2. The number of hydrogen-bond acceptors (Lipinski definition) is 7. The van der Waals surface area contributed by atoms with Crippen LogP contribution in [0, 0.1) is 0 Å². The average molecular weight is 348 g/mol. The Balaban J connectivity index is 2.11. The first-order chi connectivity index (χ1) is 11.7. The predicted molar refractivity (Wildman–Crippen MR) is 100 cm³/mol. The number of hydrogen-bond donors (Lipinski definition) is 2. The average Bonchev–Trinajstić information content (AvgIpc) is 3.02. The van der Waals surface area contributed by atoms with E-state index in [1.807, 2.05) is 11.0 Å². The highest BCUT2D eigenvalue weighted by molar-refractivity contribution is 7.16. The molecule has 0 unspecified atom stereocenters. The maximum Gasteiger partial charge on any atom is 0.349 e. The van der Waals surface area contributed by atoms with Crippen molar-refractivity contribution in [2.45, 2.75) is 40.0 Å². The van der Waals surface area contributed by atoms with Crippen molar-refractivity contribution in [1.29, 1.82) is 0 Å². The molecule has 0 aliphatic rings. The van der Waals surface area contributed by atoms with E-state index in [-0.39, 0.29) is 0 Å². The Hall–Kier alpha value is -2.22. The third kappa shape index (κ3) is 5.16. The van der Waals surface area contributed by atoms with Gasteiger partial charge in [0.05, 0.1) is 6.21 Å². The summed E-state index contributed by atoms with van der Waals surface area (Å²) in [6.07, 6.45) is 4.45. The SMILES string of the molecule is CCCN(CCC)c1nc(/C=N/Nc2ccc(CC)s2)[nH]c(=O)n1. The van der Waals surface area contributed by atoms with Crippen molar-refractivity contribution in [3.05, 3.63) is 33.3 Å². The molecule has 0 radical (unpaired) electrons. The van der Waals surface area contributed by atoms with Crippen molar-refractivity contribution >= 4 is 28.5 Å². The molecule has 7 nitrogen and oxygen atoms in total. The summed E-state index contributed by atoms with van der Waals surface area (Å²) < 4.78 is 0. The van der Waals surface area contributed by atoms with E-state index in [2.05, 4.69) is 52.3 Å². The number of thiophene rings is 1. The van der Waals surface area contributed by atoms with Gasteiger partial charge >= 0.3 is 5.69 Å². The molecule has 0 fully saturated rings. The monoisotopic (exact) mass is 348 g/mol. The number of aryl methyl sites for hydroxylation is 1. The summed E-state index contributed by atoms with van der Waals surface area (Å²) in [6, 6.07) is 4.06. The van der Waals surface area contributed by atoms with E-state index in [1.54, 1.807) is 11.3 Å². The highest BCUT2D eigenvalue weighted by Gasteiger charge is 2.09. The standard InChI is InChI=1S/C16H24N6OS/c1-4-9-22(10-5-2)15-18-13(19-16(23)20-15)11-17-21-14-8-7-12(6-3)24-14/h7-8,11,21H,4-6,9-10H2,1-3H3,(H,18,19,20,23)/b17-11+. The highest BCUT2D eigenvalue weighted by atomic mass is 32.1. The summed E-state index contributed by atoms with van der Waals surface area (Å²) in [6.45, 7) is 7.94. The van der Waals surface area contributed by atoms with Gasteiger partial charge in [0.15, 0.2) is 5.82 Å². The molecule has 130 valence electrons. The van der Waals surface area contributed by atoms with Crippen LogP contribution in [0.3, 0.4) is 0 Å². The smallest absolute Gasteiger partial charge is 0.341 e. The van der Waals surface area contributed by atoms with Gasteiger partial charge in [-0.05, 0) is 31.4 Å². The molecule has 2 aromatic heterocycles. The number of aromatic nitrogens is 3. The molecule has 24 heavy (non-hydrogen) atoms. The first-order valence-electron chi connectivity index (χ1n) is 8.27.